The first-order valence-corrected chi connectivity index (χ1v) is 9.77. The van der Waals surface area contributed by atoms with Gasteiger partial charge >= 0.3 is 0 Å². The maximum atomic E-state index is 12.3. The zero-order valence-corrected chi connectivity index (χ0v) is 16.0. The van der Waals surface area contributed by atoms with Crippen molar-refractivity contribution >= 4 is 17.4 Å². The number of likely N-dealkylation sites (tertiary alicyclic amines) is 1. The summed E-state index contributed by atoms with van der Waals surface area (Å²) in [4.78, 5) is 25.8. The molecule has 4 heteroatoms. The van der Waals surface area contributed by atoms with Gasteiger partial charge in [-0.05, 0) is 81.4 Å². The van der Waals surface area contributed by atoms with Crippen molar-refractivity contribution in [3.05, 3.63) is 65.7 Å². The van der Waals surface area contributed by atoms with E-state index in [9.17, 15) is 9.59 Å². The summed E-state index contributed by atoms with van der Waals surface area (Å²) < 4.78 is 0. The van der Waals surface area contributed by atoms with Gasteiger partial charge in [-0.3, -0.25) is 14.5 Å². The van der Waals surface area contributed by atoms with Crippen LogP contribution in [0.4, 0.5) is 5.69 Å². The minimum absolute atomic E-state index is 0.00769. The van der Waals surface area contributed by atoms with E-state index >= 15 is 0 Å². The minimum Gasteiger partial charge on any atom is -0.325 e. The molecule has 0 aromatic heterocycles. The fourth-order valence-electron chi connectivity index (χ4n) is 3.64. The number of rotatable bonds is 7. The topological polar surface area (TPSA) is 49.4 Å². The number of piperidine rings is 1. The van der Waals surface area contributed by atoms with Crippen LogP contribution in [0.5, 0.6) is 0 Å². The Morgan fingerprint density at radius 3 is 2.30 bits per heavy atom. The fraction of sp³-hybridized carbons (Fsp3) is 0.391. The number of carbonyl (C=O) groups excluding carboxylic acids is 2. The number of nitrogens with zero attached hydrogens (tertiary/aromatic N) is 1. The number of carbonyl (C=O) groups is 2. The molecule has 1 heterocycles. The van der Waals surface area contributed by atoms with E-state index in [0.29, 0.717) is 12.1 Å². The molecule has 1 aliphatic heterocycles. The van der Waals surface area contributed by atoms with Crippen LogP contribution in [-0.2, 0) is 11.2 Å². The van der Waals surface area contributed by atoms with Gasteiger partial charge in [-0.15, -0.1) is 0 Å². The van der Waals surface area contributed by atoms with Crippen LogP contribution in [0.25, 0.3) is 0 Å². The summed E-state index contributed by atoms with van der Waals surface area (Å²) in [6, 6.07) is 17.7. The number of Topliss-reactive ketones (excluding diaryl/α,β-unsaturated/α-hetero) is 1. The van der Waals surface area contributed by atoms with Crippen molar-refractivity contribution in [3.8, 4) is 0 Å². The van der Waals surface area contributed by atoms with Crippen molar-refractivity contribution in [3.63, 3.8) is 0 Å². The molecule has 0 radical (unpaired) electrons. The summed E-state index contributed by atoms with van der Waals surface area (Å²) in [5.74, 6) is 0.792. The largest absolute Gasteiger partial charge is 0.325 e. The maximum Gasteiger partial charge on any atom is 0.238 e. The number of aryl methyl sites for hydroxylation is 1. The Kier molecular flexibility index (Phi) is 6.77. The van der Waals surface area contributed by atoms with E-state index in [1.165, 1.54) is 18.9 Å². The molecule has 142 valence electrons. The molecule has 0 spiro atoms. The summed E-state index contributed by atoms with van der Waals surface area (Å²) in [6.07, 6.45) is 4.69. The highest BCUT2D eigenvalue weighted by atomic mass is 16.2. The molecule has 1 saturated heterocycles. The average Bonchev–Trinajstić information content (AvgIpc) is 2.68. The van der Waals surface area contributed by atoms with Crippen molar-refractivity contribution in [2.75, 3.05) is 25.0 Å². The molecular formula is C23H28N2O2. The van der Waals surface area contributed by atoms with Crippen LogP contribution in [0.2, 0.25) is 0 Å². The Bertz CT molecular complexity index is 748. The molecule has 1 N–H and O–H groups in total. The molecule has 27 heavy (non-hydrogen) atoms. The van der Waals surface area contributed by atoms with Gasteiger partial charge in [-0.1, -0.05) is 30.3 Å². The predicted molar refractivity (Wildman–Crippen MR) is 109 cm³/mol. The lowest BCUT2D eigenvalue weighted by atomic mass is 9.90. The SMILES string of the molecule is CC(=O)c1ccc(NC(=O)CN2CCC(CCc3ccccc3)CC2)cc1. The summed E-state index contributed by atoms with van der Waals surface area (Å²) in [6.45, 7) is 3.93. The second kappa shape index (κ2) is 9.47. The van der Waals surface area contributed by atoms with Gasteiger partial charge < -0.3 is 5.32 Å². The second-order valence-electron chi connectivity index (χ2n) is 7.43. The van der Waals surface area contributed by atoms with Crippen LogP contribution in [0.1, 0.15) is 42.1 Å². The van der Waals surface area contributed by atoms with Gasteiger partial charge in [0.2, 0.25) is 5.91 Å². The van der Waals surface area contributed by atoms with Crippen molar-refractivity contribution in [1.82, 2.24) is 4.90 Å². The summed E-state index contributed by atoms with van der Waals surface area (Å²) in [5, 5.41) is 2.92. The van der Waals surface area contributed by atoms with Crippen LogP contribution in [0.3, 0.4) is 0 Å². The first kappa shape index (κ1) is 19.3. The Morgan fingerprint density at radius 1 is 1.00 bits per heavy atom. The molecule has 1 amide bonds. The van der Waals surface area contributed by atoms with Gasteiger partial charge in [0.25, 0.3) is 0 Å². The minimum atomic E-state index is 0.00769. The van der Waals surface area contributed by atoms with E-state index in [-0.39, 0.29) is 11.7 Å². The Hall–Kier alpha value is -2.46. The normalized spacial score (nSPS) is 15.4. The Balaban J connectivity index is 1.38. The number of nitrogens with one attached hydrogen (secondary N) is 1. The van der Waals surface area contributed by atoms with E-state index in [4.69, 9.17) is 0 Å². The molecule has 0 aliphatic carbocycles. The Labute approximate surface area is 161 Å². The number of hydrogen-bond acceptors (Lipinski definition) is 3. The molecule has 0 unspecified atom stereocenters. The molecule has 2 aromatic carbocycles. The van der Waals surface area contributed by atoms with Gasteiger partial charge in [0.05, 0.1) is 6.54 Å². The molecule has 1 aliphatic rings. The highest BCUT2D eigenvalue weighted by molar-refractivity contribution is 5.96. The van der Waals surface area contributed by atoms with Crippen LogP contribution >= 0.6 is 0 Å². The number of benzene rings is 2. The zero-order chi connectivity index (χ0) is 19.1. The van der Waals surface area contributed by atoms with E-state index in [1.807, 2.05) is 0 Å². The van der Waals surface area contributed by atoms with E-state index in [2.05, 4.69) is 40.5 Å². The maximum absolute atomic E-state index is 12.3. The fourth-order valence-corrected chi connectivity index (χ4v) is 3.64. The second-order valence-corrected chi connectivity index (χ2v) is 7.43. The van der Waals surface area contributed by atoms with Crippen molar-refractivity contribution < 1.29 is 9.59 Å². The summed E-state index contributed by atoms with van der Waals surface area (Å²) in [7, 11) is 0. The van der Waals surface area contributed by atoms with Gasteiger partial charge in [-0.25, -0.2) is 0 Å². The van der Waals surface area contributed by atoms with E-state index in [0.717, 1.165) is 44.0 Å². The third-order valence-corrected chi connectivity index (χ3v) is 5.33. The van der Waals surface area contributed by atoms with Crippen molar-refractivity contribution in [1.29, 1.82) is 0 Å². The quantitative estimate of drug-likeness (QED) is 0.750. The van der Waals surface area contributed by atoms with E-state index < -0.39 is 0 Å². The van der Waals surface area contributed by atoms with E-state index in [1.54, 1.807) is 24.3 Å². The van der Waals surface area contributed by atoms with Gasteiger partial charge in [0, 0.05) is 11.3 Å². The summed E-state index contributed by atoms with van der Waals surface area (Å²) >= 11 is 0. The molecule has 0 bridgehead atoms. The average molecular weight is 364 g/mol. The molecular weight excluding hydrogens is 336 g/mol. The first-order valence-electron chi connectivity index (χ1n) is 9.77. The zero-order valence-electron chi connectivity index (χ0n) is 16.0. The molecule has 1 fully saturated rings. The van der Waals surface area contributed by atoms with Crippen LogP contribution in [0, 0.1) is 5.92 Å². The number of anilines is 1. The lowest BCUT2D eigenvalue weighted by molar-refractivity contribution is -0.117. The lowest BCUT2D eigenvalue weighted by Gasteiger charge is -2.31. The number of ketones is 1. The monoisotopic (exact) mass is 364 g/mol. The standard InChI is InChI=1S/C23H28N2O2/c1-18(26)21-9-11-22(12-10-21)24-23(27)17-25-15-13-20(14-16-25)8-7-19-5-3-2-4-6-19/h2-6,9-12,20H,7-8,13-17H2,1H3,(H,24,27). The highest BCUT2D eigenvalue weighted by Gasteiger charge is 2.20. The van der Waals surface area contributed by atoms with Crippen LogP contribution in [0.15, 0.2) is 54.6 Å². The molecule has 0 atom stereocenters. The van der Waals surface area contributed by atoms with Gasteiger partial charge in [0.15, 0.2) is 5.78 Å². The molecule has 2 aromatic rings. The smallest absolute Gasteiger partial charge is 0.238 e. The van der Waals surface area contributed by atoms with Crippen molar-refractivity contribution in [2.24, 2.45) is 5.92 Å². The van der Waals surface area contributed by atoms with Gasteiger partial charge in [-0.2, -0.15) is 0 Å². The lowest BCUT2D eigenvalue weighted by Crippen LogP contribution is -2.39. The third-order valence-electron chi connectivity index (χ3n) is 5.33. The van der Waals surface area contributed by atoms with Crippen molar-refractivity contribution in [2.45, 2.75) is 32.6 Å². The van der Waals surface area contributed by atoms with Crippen LogP contribution < -0.4 is 5.32 Å². The molecule has 4 nitrogen and oxygen atoms in total. The third kappa shape index (κ3) is 6.04. The first-order chi connectivity index (χ1) is 13.1. The van der Waals surface area contributed by atoms with Gasteiger partial charge in [0.1, 0.15) is 0 Å². The molecule has 0 saturated carbocycles. The predicted octanol–water partition coefficient (Wildman–Crippen LogP) is 4.17. The summed E-state index contributed by atoms with van der Waals surface area (Å²) in [5.41, 5.74) is 2.81. The number of hydrogen-bond donors (Lipinski definition) is 1. The van der Waals surface area contributed by atoms with Crippen LogP contribution in [-0.4, -0.2) is 36.2 Å². The number of amides is 1. The highest BCUT2D eigenvalue weighted by Crippen LogP contribution is 2.22. The molecule has 3 rings (SSSR count). The Morgan fingerprint density at radius 2 is 1.67 bits per heavy atom.